The van der Waals surface area contributed by atoms with Crippen LogP contribution < -0.4 is 5.73 Å². The van der Waals surface area contributed by atoms with E-state index in [1.165, 1.54) is 0 Å². The molecule has 0 aliphatic heterocycles. The van der Waals surface area contributed by atoms with Crippen molar-refractivity contribution in [2.24, 2.45) is 11.7 Å². The van der Waals surface area contributed by atoms with E-state index in [9.17, 15) is 4.79 Å². The molecule has 9 heavy (non-hydrogen) atoms. The topological polar surface area (TPSA) is 43.1 Å². The Morgan fingerprint density at radius 3 is 2.67 bits per heavy atom. The first-order chi connectivity index (χ1) is 4.20. The molecule has 0 radical (unpaired) electrons. The molecule has 1 fully saturated rings. The average Bonchev–Trinajstić information content (AvgIpc) is 1.80. The van der Waals surface area contributed by atoms with E-state index in [1.807, 2.05) is 0 Å². The second-order valence-electron chi connectivity index (χ2n) is 2.96. The van der Waals surface area contributed by atoms with Crippen LogP contribution in [0.15, 0.2) is 0 Å². The molecule has 2 nitrogen and oxygen atoms in total. The van der Waals surface area contributed by atoms with Gasteiger partial charge >= 0.3 is 0 Å². The molecule has 0 aromatic carbocycles. The summed E-state index contributed by atoms with van der Waals surface area (Å²) in [5, 5.41) is 0. The highest BCUT2D eigenvalue weighted by molar-refractivity contribution is 5.84. The molecule has 0 saturated heterocycles. The van der Waals surface area contributed by atoms with E-state index in [1.54, 1.807) is 0 Å². The van der Waals surface area contributed by atoms with E-state index < -0.39 is 0 Å². The van der Waals surface area contributed by atoms with E-state index in [2.05, 4.69) is 6.92 Å². The van der Waals surface area contributed by atoms with Gasteiger partial charge in [0.2, 0.25) is 0 Å². The number of ketones is 1. The minimum atomic E-state index is -0.152. The van der Waals surface area contributed by atoms with Crippen molar-refractivity contribution >= 4 is 5.78 Å². The molecule has 2 atom stereocenters. The van der Waals surface area contributed by atoms with Gasteiger partial charge < -0.3 is 5.73 Å². The van der Waals surface area contributed by atoms with Crippen LogP contribution in [0.1, 0.15) is 26.2 Å². The first-order valence-corrected chi connectivity index (χ1v) is 3.48. The van der Waals surface area contributed by atoms with E-state index in [0.29, 0.717) is 12.3 Å². The summed E-state index contributed by atoms with van der Waals surface area (Å²) in [6.45, 7) is 2.10. The van der Waals surface area contributed by atoms with Crippen LogP contribution in [0, 0.1) is 5.92 Å². The lowest BCUT2D eigenvalue weighted by molar-refractivity contribution is -0.122. The summed E-state index contributed by atoms with van der Waals surface area (Å²) in [5.41, 5.74) is 5.49. The summed E-state index contributed by atoms with van der Waals surface area (Å²) in [5.74, 6) is 0.811. The van der Waals surface area contributed by atoms with Gasteiger partial charge in [-0.2, -0.15) is 0 Å². The molecule has 52 valence electrons. The third kappa shape index (κ3) is 1.52. The predicted molar refractivity (Wildman–Crippen MR) is 36.0 cm³/mol. The molecule has 1 saturated carbocycles. The molecule has 1 aliphatic rings. The summed E-state index contributed by atoms with van der Waals surface area (Å²) in [6.07, 6.45) is 2.70. The lowest BCUT2D eigenvalue weighted by Gasteiger charge is -2.21. The van der Waals surface area contributed by atoms with Gasteiger partial charge in [0.1, 0.15) is 5.78 Å². The Morgan fingerprint density at radius 1 is 1.56 bits per heavy atom. The number of Topliss-reactive ketones (excluding diaryl/α,β-unsaturated/α-hetero) is 1. The first-order valence-electron chi connectivity index (χ1n) is 3.48. The Morgan fingerprint density at radius 2 is 2.22 bits per heavy atom. The Labute approximate surface area is 55.4 Å². The second-order valence-corrected chi connectivity index (χ2v) is 2.96. The highest BCUT2D eigenvalue weighted by Gasteiger charge is 2.22. The van der Waals surface area contributed by atoms with Crippen molar-refractivity contribution in [1.29, 1.82) is 0 Å². The largest absolute Gasteiger partial charge is 0.322 e. The first kappa shape index (κ1) is 6.75. The van der Waals surface area contributed by atoms with E-state index in [0.717, 1.165) is 12.8 Å². The predicted octanol–water partition coefficient (Wildman–Crippen LogP) is 0.703. The third-order valence-electron chi connectivity index (χ3n) is 1.93. The Bertz CT molecular complexity index is 122. The summed E-state index contributed by atoms with van der Waals surface area (Å²) >= 11 is 0. The fraction of sp³-hybridized carbons (Fsp3) is 0.857. The standard InChI is InChI=1S/C7H13NO/c1-5-2-3-6(8)7(9)4-5/h5-6H,2-4,8H2,1H3. The van der Waals surface area contributed by atoms with Crippen molar-refractivity contribution in [3.05, 3.63) is 0 Å². The maximum atomic E-state index is 10.9. The van der Waals surface area contributed by atoms with Crippen LogP contribution in [0.2, 0.25) is 0 Å². The summed E-state index contributed by atoms with van der Waals surface area (Å²) < 4.78 is 0. The summed E-state index contributed by atoms with van der Waals surface area (Å²) in [6, 6.07) is -0.152. The van der Waals surface area contributed by atoms with E-state index in [4.69, 9.17) is 5.73 Å². The molecule has 1 aliphatic carbocycles. The maximum absolute atomic E-state index is 10.9. The van der Waals surface area contributed by atoms with Crippen LogP contribution in [0.25, 0.3) is 0 Å². The maximum Gasteiger partial charge on any atom is 0.149 e. The normalized spacial score (nSPS) is 36.9. The number of nitrogens with two attached hydrogens (primary N) is 1. The lowest BCUT2D eigenvalue weighted by atomic mass is 9.87. The fourth-order valence-electron chi connectivity index (χ4n) is 1.22. The molecule has 0 spiro atoms. The molecule has 0 heterocycles. The number of hydrogen-bond donors (Lipinski definition) is 1. The van der Waals surface area contributed by atoms with Crippen LogP contribution in [-0.2, 0) is 4.79 Å². The molecule has 0 aromatic rings. The Balaban J connectivity index is 2.44. The monoisotopic (exact) mass is 127 g/mol. The highest BCUT2D eigenvalue weighted by atomic mass is 16.1. The van der Waals surface area contributed by atoms with Gasteiger partial charge in [-0.3, -0.25) is 4.79 Å². The second kappa shape index (κ2) is 2.48. The molecule has 2 N–H and O–H groups in total. The quantitative estimate of drug-likeness (QED) is 0.520. The zero-order chi connectivity index (χ0) is 6.85. The minimum absolute atomic E-state index is 0.152. The van der Waals surface area contributed by atoms with Crippen molar-refractivity contribution in [3.8, 4) is 0 Å². The average molecular weight is 127 g/mol. The van der Waals surface area contributed by atoms with Crippen molar-refractivity contribution in [2.75, 3.05) is 0 Å². The molecule has 1 rings (SSSR count). The number of hydrogen-bond acceptors (Lipinski definition) is 2. The van der Waals surface area contributed by atoms with Crippen LogP contribution in [0.5, 0.6) is 0 Å². The van der Waals surface area contributed by atoms with Crippen molar-refractivity contribution < 1.29 is 4.79 Å². The van der Waals surface area contributed by atoms with Gasteiger partial charge in [0, 0.05) is 6.42 Å². The van der Waals surface area contributed by atoms with Crippen molar-refractivity contribution in [2.45, 2.75) is 32.2 Å². The fourth-order valence-corrected chi connectivity index (χ4v) is 1.22. The van der Waals surface area contributed by atoms with Gasteiger partial charge in [-0.15, -0.1) is 0 Å². The lowest BCUT2D eigenvalue weighted by Crippen LogP contribution is -2.35. The molecule has 2 unspecified atom stereocenters. The number of rotatable bonds is 0. The molecule has 2 heteroatoms. The van der Waals surface area contributed by atoms with Gasteiger partial charge in [0.25, 0.3) is 0 Å². The Kier molecular flexibility index (Phi) is 1.86. The van der Waals surface area contributed by atoms with Gasteiger partial charge in [-0.1, -0.05) is 6.92 Å². The zero-order valence-corrected chi connectivity index (χ0v) is 5.76. The van der Waals surface area contributed by atoms with Crippen LogP contribution in [0.3, 0.4) is 0 Å². The molecule has 0 aromatic heterocycles. The molecule has 0 amide bonds. The summed E-state index contributed by atoms with van der Waals surface area (Å²) in [4.78, 5) is 10.9. The smallest absolute Gasteiger partial charge is 0.149 e. The van der Waals surface area contributed by atoms with Crippen LogP contribution >= 0.6 is 0 Å². The van der Waals surface area contributed by atoms with Crippen molar-refractivity contribution in [1.82, 2.24) is 0 Å². The third-order valence-corrected chi connectivity index (χ3v) is 1.93. The van der Waals surface area contributed by atoms with Gasteiger partial charge in [-0.25, -0.2) is 0 Å². The van der Waals surface area contributed by atoms with Crippen LogP contribution in [0.4, 0.5) is 0 Å². The van der Waals surface area contributed by atoms with Gasteiger partial charge in [-0.05, 0) is 18.8 Å². The SMILES string of the molecule is CC1CCC(N)C(=O)C1. The summed E-state index contributed by atoms with van der Waals surface area (Å²) in [7, 11) is 0. The van der Waals surface area contributed by atoms with Gasteiger partial charge in [0.15, 0.2) is 0 Å². The highest BCUT2D eigenvalue weighted by Crippen LogP contribution is 2.19. The zero-order valence-electron chi connectivity index (χ0n) is 5.76. The molecular weight excluding hydrogens is 114 g/mol. The van der Waals surface area contributed by atoms with Gasteiger partial charge in [0.05, 0.1) is 6.04 Å². The van der Waals surface area contributed by atoms with E-state index >= 15 is 0 Å². The van der Waals surface area contributed by atoms with Crippen LogP contribution in [-0.4, -0.2) is 11.8 Å². The van der Waals surface area contributed by atoms with Crippen molar-refractivity contribution in [3.63, 3.8) is 0 Å². The van der Waals surface area contributed by atoms with E-state index in [-0.39, 0.29) is 11.8 Å². The Hall–Kier alpha value is -0.370. The number of carbonyl (C=O) groups is 1. The molecule has 0 bridgehead atoms. The number of carbonyl (C=O) groups excluding carboxylic acids is 1. The molecular formula is C7H13NO. The minimum Gasteiger partial charge on any atom is -0.322 e.